The molecule has 3 aromatic rings. The van der Waals surface area contributed by atoms with Gasteiger partial charge in [0, 0.05) is 11.9 Å². The number of nitrogens with one attached hydrogen (secondary N) is 2. The molecule has 2 aromatic heterocycles. The first-order valence-electron chi connectivity index (χ1n) is 6.54. The summed E-state index contributed by atoms with van der Waals surface area (Å²) in [6.07, 6.45) is 1.47. The van der Waals surface area contributed by atoms with E-state index >= 15 is 0 Å². The summed E-state index contributed by atoms with van der Waals surface area (Å²) in [6, 6.07) is 7.49. The van der Waals surface area contributed by atoms with Crippen LogP contribution in [0, 0.1) is 13.8 Å². The predicted molar refractivity (Wildman–Crippen MR) is 86.3 cm³/mol. The molecular formula is C16H14N2O2S. The van der Waals surface area contributed by atoms with E-state index in [0.717, 1.165) is 16.6 Å². The largest absolute Gasteiger partial charge is 0.359 e. The molecule has 0 saturated carbocycles. The van der Waals surface area contributed by atoms with Gasteiger partial charge in [-0.1, -0.05) is 6.07 Å². The molecule has 106 valence electrons. The highest BCUT2D eigenvalue weighted by Gasteiger charge is 2.14. The first-order valence-corrected chi connectivity index (χ1v) is 7.42. The van der Waals surface area contributed by atoms with E-state index in [1.807, 2.05) is 43.5 Å². The number of carbonyl (C=O) groups excluding carboxylic acids is 1. The molecule has 0 unspecified atom stereocenters. The lowest BCUT2D eigenvalue weighted by Gasteiger charge is -2.07. The highest BCUT2D eigenvalue weighted by Crippen LogP contribution is 2.17. The fourth-order valence-electron chi connectivity index (χ4n) is 2.12. The van der Waals surface area contributed by atoms with Gasteiger partial charge in [-0.05, 0) is 48.6 Å². The Bertz CT molecular complexity index is 893. The van der Waals surface area contributed by atoms with Gasteiger partial charge in [-0.2, -0.15) is 0 Å². The molecule has 2 heterocycles. The Labute approximate surface area is 125 Å². The van der Waals surface area contributed by atoms with Crippen LogP contribution in [0.15, 0.2) is 40.6 Å². The highest BCUT2D eigenvalue weighted by atomic mass is 32.1. The summed E-state index contributed by atoms with van der Waals surface area (Å²) in [7, 11) is 0. The van der Waals surface area contributed by atoms with Crippen LogP contribution < -0.4 is 10.7 Å². The van der Waals surface area contributed by atoms with Crippen LogP contribution in [0.25, 0.3) is 10.2 Å². The van der Waals surface area contributed by atoms with Gasteiger partial charge in [-0.15, -0.1) is 11.3 Å². The van der Waals surface area contributed by atoms with Gasteiger partial charge >= 0.3 is 0 Å². The van der Waals surface area contributed by atoms with Crippen molar-refractivity contribution < 1.29 is 4.79 Å². The number of thiophene rings is 1. The number of H-pyrrole nitrogens is 1. The minimum absolute atomic E-state index is 0.128. The summed E-state index contributed by atoms with van der Waals surface area (Å²) in [5.41, 5.74) is 3.59. The molecule has 21 heavy (non-hydrogen) atoms. The molecule has 0 bridgehead atoms. The number of aromatic amines is 1. The average molecular weight is 298 g/mol. The summed E-state index contributed by atoms with van der Waals surface area (Å²) in [6.45, 7) is 3.99. The number of rotatable bonds is 2. The molecule has 0 radical (unpaired) electrons. The summed E-state index contributed by atoms with van der Waals surface area (Å²) < 4.78 is 0.572. The number of aryl methyl sites for hydroxylation is 2. The third-order valence-electron chi connectivity index (χ3n) is 3.50. The summed E-state index contributed by atoms with van der Waals surface area (Å²) in [5, 5.41) is 4.60. The molecule has 1 amide bonds. The van der Waals surface area contributed by atoms with Crippen LogP contribution >= 0.6 is 11.3 Å². The maximum Gasteiger partial charge on any atom is 0.261 e. The monoisotopic (exact) mass is 298 g/mol. The maximum atomic E-state index is 12.3. The van der Waals surface area contributed by atoms with Crippen molar-refractivity contribution in [3.63, 3.8) is 0 Å². The molecule has 0 aliphatic heterocycles. The Balaban J connectivity index is 1.95. The first kappa shape index (κ1) is 13.6. The van der Waals surface area contributed by atoms with E-state index in [9.17, 15) is 9.59 Å². The number of carbonyl (C=O) groups is 1. The molecule has 1 aromatic carbocycles. The smallest absolute Gasteiger partial charge is 0.261 e. The molecule has 5 heteroatoms. The van der Waals surface area contributed by atoms with E-state index in [1.54, 1.807) is 0 Å². The fourth-order valence-corrected chi connectivity index (χ4v) is 2.93. The molecule has 3 rings (SSSR count). The quantitative estimate of drug-likeness (QED) is 0.761. The molecule has 0 saturated heterocycles. The molecule has 0 aliphatic carbocycles. The number of anilines is 1. The fraction of sp³-hybridized carbons (Fsp3) is 0.125. The van der Waals surface area contributed by atoms with Crippen LogP contribution in [0.2, 0.25) is 0 Å². The second-order valence-corrected chi connectivity index (χ2v) is 5.86. The summed E-state index contributed by atoms with van der Waals surface area (Å²) in [5.74, 6) is -0.394. The topological polar surface area (TPSA) is 62.0 Å². The molecular weight excluding hydrogens is 284 g/mol. The van der Waals surface area contributed by atoms with Crippen molar-refractivity contribution in [2.45, 2.75) is 13.8 Å². The summed E-state index contributed by atoms with van der Waals surface area (Å²) >= 11 is 1.33. The number of hydrogen-bond donors (Lipinski definition) is 2. The lowest BCUT2D eigenvalue weighted by Crippen LogP contribution is -2.21. The predicted octanol–water partition coefficient (Wildman–Crippen LogP) is 3.46. The van der Waals surface area contributed by atoms with Gasteiger partial charge < -0.3 is 10.3 Å². The van der Waals surface area contributed by atoms with Crippen LogP contribution in [0.3, 0.4) is 0 Å². The SMILES string of the molecule is Cc1ccc(NC(=O)c2c[nH]c3ccsc3c2=O)cc1C. The van der Waals surface area contributed by atoms with Crippen LogP contribution in [0.4, 0.5) is 5.69 Å². The number of fused-ring (bicyclic) bond motifs is 1. The molecule has 0 atom stereocenters. The van der Waals surface area contributed by atoms with E-state index in [4.69, 9.17) is 0 Å². The zero-order chi connectivity index (χ0) is 15.0. The van der Waals surface area contributed by atoms with Crippen molar-refractivity contribution in [1.82, 2.24) is 4.98 Å². The summed E-state index contributed by atoms with van der Waals surface area (Å²) in [4.78, 5) is 27.5. The van der Waals surface area contributed by atoms with E-state index in [-0.39, 0.29) is 11.0 Å². The van der Waals surface area contributed by atoms with Gasteiger partial charge in [0.1, 0.15) is 5.56 Å². The first-order chi connectivity index (χ1) is 10.1. The average Bonchev–Trinajstić information content (AvgIpc) is 2.92. The van der Waals surface area contributed by atoms with Crippen molar-refractivity contribution in [3.05, 3.63) is 62.8 Å². The third-order valence-corrected chi connectivity index (χ3v) is 4.41. The van der Waals surface area contributed by atoms with Gasteiger partial charge in [0.05, 0.1) is 10.2 Å². The number of pyridine rings is 1. The van der Waals surface area contributed by atoms with E-state index in [2.05, 4.69) is 10.3 Å². The van der Waals surface area contributed by atoms with Crippen molar-refractivity contribution in [2.75, 3.05) is 5.32 Å². The van der Waals surface area contributed by atoms with Crippen LogP contribution in [-0.4, -0.2) is 10.9 Å². The standard InChI is InChI=1S/C16H14N2O2S/c1-9-3-4-11(7-10(9)2)18-16(20)12-8-17-13-5-6-21-15(13)14(12)19/h3-8H,1-2H3,(H,17,19)(H,18,20). The lowest BCUT2D eigenvalue weighted by molar-refractivity contribution is 0.102. The van der Waals surface area contributed by atoms with Crippen molar-refractivity contribution in [2.24, 2.45) is 0 Å². The van der Waals surface area contributed by atoms with Crippen LogP contribution in [0.5, 0.6) is 0 Å². The molecule has 0 fully saturated rings. The number of aromatic nitrogens is 1. The van der Waals surface area contributed by atoms with Gasteiger partial charge in [-0.25, -0.2) is 0 Å². The Morgan fingerprint density at radius 1 is 1.19 bits per heavy atom. The minimum Gasteiger partial charge on any atom is -0.359 e. The number of amides is 1. The van der Waals surface area contributed by atoms with Gasteiger partial charge in [-0.3, -0.25) is 9.59 Å². The Morgan fingerprint density at radius 3 is 2.76 bits per heavy atom. The molecule has 0 spiro atoms. The van der Waals surface area contributed by atoms with Crippen molar-refractivity contribution in [3.8, 4) is 0 Å². The van der Waals surface area contributed by atoms with E-state index < -0.39 is 5.91 Å². The lowest BCUT2D eigenvalue weighted by atomic mass is 10.1. The normalized spacial score (nSPS) is 10.8. The second kappa shape index (κ2) is 5.18. The van der Waals surface area contributed by atoms with Gasteiger partial charge in [0.25, 0.3) is 5.91 Å². The van der Waals surface area contributed by atoms with Crippen LogP contribution in [-0.2, 0) is 0 Å². The van der Waals surface area contributed by atoms with Crippen LogP contribution in [0.1, 0.15) is 21.5 Å². The Hall–Kier alpha value is -2.40. The maximum absolute atomic E-state index is 12.3. The molecule has 2 N–H and O–H groups in total. The minimum atomic E-state index is -0.394. The molecule has 4 nitrogen and oxygen atoms in total. The Kier molecular flexibility index (Phi) is 3.35. The number of hydrogen-bond acceptors (Lipinski definition) is 3. The number of benzene rings is 1. The third kappa shape index (κ3) is 2.48. The zero-order valence-corrected chi connectivity index (χ0v) is 12.5. The highest BCUT2D eigenvalue weighted by molar-refractivity contribution is 7.17. The molecule has 0 aliphatic rings. The van der Waals surface area contributed by atoms with Gasteiger partial charge in [0.15, 0.2) is 0 Å². The Morgan fingerprint density at radius 2 is 2.00 bits per heavy atom. The second-order valence-electron chi connectivity index (χ2n) is 4.95. The zero-order valence-electron chi connectivity index (χ0n) is 11.7. The van der Waals surface area contributed by atoms with E-state index in [1.165, 1.54) is 17.5 Å². The van der Waals surface area contributed by atoms with Crippen molar-refractivity contribution >= 4 is 33.1 Å². The van der Waals surface area contributed by atoms with E-state index in [0.29, 0.717) is 10.4 Å². The van der Waals surface area contributed by atoms with Gasteiger partial charge in [0.2, 0.25) is 5.43 Å². The van der Waals surface area contributed by atoms with Crippen molar-refractivity contribution in [1.29, 1.82) is 0 Å².